The van der Waals surface area contributed by atoms with Crippen LogP contribution in [0.1, 0.15) is 51.8 Å². The minimum Gasteiger partial charge on any atom is -0.478 e. The topological polar surface area (TPSA) is 91.7 Å². The molecule has 0 spiro atoms. The van der Waals surface area contributed by atoms with Crippen LogP contribution in [0.5, 0.6) is 0 Å². The standard InChI is InChI=1S/C10H8O5.C2H6/c1-5(11)7-3-2-6(9(12)13)4-8(7)10(14)15;1-2/h2-4H,1H3,(H,12,13)(H,14,15);1-2H3. The predicted octanol–water partition coefficient (Wildman–Crippen LogP) is 2.31. The smallest absolute Gasteiger partial charge is 0.336 e. The second kappa shape index (κ2) is 6.42. The predicted molar refractivity (Wildman–Crippen MR) is 61.7 cm³/mol. The maximum Gasteiger partial charge on any atom is 0.336 e. The van der Waals surface area contributed by atoms with Crippen LogP contribution in [0.25, 0.3) is 0 Å². The Morgan fingerprint density at radius 3 is 1.82 bits per heavy atom. The molecule has 0 aliphatic rings. The van der Waals surface area contributed by atoms with Crippen molar-refractivity contribution in [3.8, 4) is 0 Å². The molecule has 5 nitrogen and oxygen atoms in total. The lowest BCUT2D eigenvalue weighted by atomic mass is 10.0. The van der Waals surface area contributed by atoms with Gasteiger partial charge in [0.05, 0.1) is 11.1 Å². The zero-order chi connectivity index (χ0) is 13.6. The van der Waals surface area contributed by atoms with Crippen molar-refractivity contribution < 1.29 is 24.6 Å². The highest BCUT2D eigenvalue weighted by Crippen LogP contribution is 2.13. The third-order valence-corrected chi connectivity index (χ3v) is 1.88. The van der Waals surface area contributed by atoms with E-state index in [2.05, 4.69) is 0 Å². The van der Waals surface area contributed by atoms with Crippen molar-refractivity contribution in [3.05, 3.63) is 34.9 Å². The Balaban J connectivity index is 0.00000121. The molecule has 0 saturated heterocycles. The largest absolute Gasteiger partial charge is 0.478 e. The summed E-state index contributed by atoms with van der Waals surface area (Å²) in [7, 11) is 0. The lowest BCUT2D eigenvalue weighted by Crippen LogP contribution is -2.08. The SMILES string of the molecule is CC.CC(=O)c1ccc(C(=O)O)cc1C(=O)O. The Bertz CT molecular complexity index is 448. The molecule has 5 heteroatoms. The van der Waals surface area contributed by atoms with Crippen molar-refractivity contribution in [2.24, 2.45) is 0 Å². The van der Waals surface area contributed by atoms with Crippen molar-refractivity contribution in [3.63, 3.8) is 0 Å². The molecule has 0 heterocycles. The highest BCUT2D eigenvalue weighted by molar-refractivity contribution is 6.06. The van der Waals surface area contributed by atoms with E-state index in [0.717, 1.165) is 6.07 Å². The minimum atomic E-state index is -1.32. The number of ketones is 1. The zero-order valence-electron chi connectivity index (χ0n) is 9.85. The van der Waals surface area contributed by atoms with Gasteiger partial charge < -0.3 is 10.2 Å². The number of benzene rings is 1. The highest BCUT2D eigenvalue weighted by atomic mass is 16.4. The fraction of sp³-hybridized carbons (Fsp3) is 0.250. The summed E-state index contributed by atoms with van der Waals surface area (Å²) in [5.74, 6) is -2.96. The van der Waals surface area contributed by atoms with Gasteiger partial charge in [-0.25, -0.2) is 9.59 Å². The summed E-state index contributed by atoms with van der Waals surface area (Å²) in [5.41, 5.74) is -0.438. The number of carboxylic acid groups (broad SMARTS) is 2. The molecule has 0 aliphatic heterocycles. The molecule has 92 valence electrons. The molecular formula is C12H14O5. The molecule has 17 heavy (non-hydrogen) atoms. The second-order valence-electron chi connectivity index (χ2n) is 2.93. The van der Waals surface area contributed by atoms with Gasteiger partial charge in [-0.3, -0.25) is 4.79 Å². The summed E-state index contributed by atoms with van der Waals surface area (Å²) in [6, 6.07) is 3.38. The van der Waals surface area contributed by atoms with Crippen LogP contribution in [0.15, 0.2) is 18.2 Å². The normalized spacial score (nSPS) is 8.88. The van der Waals surface area contributed by atoms with Gasteiger partial charge in [-0.2, -0.15) is 0 Å². The van der Waals surface area contributed by atoms with Crippen LogP contribution in [0.3, 0.4) is 0 Å². The zero-order valence-corrected chi connectivity index (χ0v) is 9.85. The number of carbonyl (C=O) groups is 3. The number of hydrogen-bond donors (Lipinski definition) is 2. The molecule has 0 unspecified atom stereocenters. The number of rotatable bonds is 3. The third-order valence-electron chi connectivity index (χ3n) is 1.88. The summed E-state index contributed by atoms with van der Waals surface area (Å²) in [6.45, 7) is 5.22. The Labute approximate surface area is 98.7 Å². The molecule has 2 N–H and O–H groups in total. The molecule has 0 bridgehead atoms. The Kier molecular flexibility index (Phi) is 5.60. The highest BCUT2D eigenvalue weighted by Gasteiger charge is 2.16. The van der Waals surface area contributed by atoms with Gasteiger partial charge in [0.1, 0.15) is 0 Å². The lowest BCUT2D eigenvalue weighted by molar-refractivity contribution is 0.0692. The van der Waals surface area contributed by atoms with E-state index in [4.69, 9.17) is 10.2 Å². The quantitative estimate of drug-likeness (QED) is 0.788. The van der Waals surface area contributed by atoms with Crippen molar-refractivity contribution >= 4 is 17.7 Å². The van der Waals surface area contributed by atoms with E-state index in [1.165, 1.54) is 19.1 Å². The van der Waals surface area contributed by atoms with Gasteiger partial charge in [-0.15, -0.1) is 0 Å². The van der Waals surface area contributed by atoms with Crippen LogP contribution in [-0.2, 0) is 0 Å². The third kappa shape index (κ3) is 3.71. The van der Waals surface area contributed by atoms with Crippen molar-refractivity contribution in [2.75, 3.05) is 0 Å². The first-order valence-electron chi connectivity index (χ1n) is 5.05. The van der Waals surface area contributed by atoms with E-state index >= 15 is 0 Å². The Hall–Kier alpha value is -2.17. The van der Waals surface area contributed by atoms with E-state index < -0.39 is 17.7 Å². The summed E-state index contributed by atoms with van der Waals surface area (Å²) in [5, 5.41) is 17.4. The van der Waals surface area contributed by atoms with Crippen molar-refractivity contribution in [1.82, 2.24) is 0 Å². The Morgan fingerprint density at radius 2 is 1.47 bits per heavy atom. The van der Waals surface area contributed by atoms with Crippen LogP contribution in [0.2, 0.25) is 0 Å². The van der Waals surface area contributed by atoms with Crippen molar-refractivity contribution in [1.29, 1.82) is 0 Å². The van der Waals surface area contributed by atoms with Gasteiger partial charge in [-0.1, -0.05) is 13.8 Å². The van der Waals surface area contributed by atoms with Crippen LogP contribution in [0.4, 0.5) is 0 Å². The van der Waals surface area contributed by atoms with Gasteiger partial charge >= 0.3 is 11.9 Å². The molecule has 0 saturated carbocycles. The van der Waals surface area contributed by atoms with Gasteiger partial charge in [0.15, 0.2) is 5.78 Å². The first-order chi connectivity index (χ1) is 7.93. The van der Waals surface area contributed by atoms with Gasteiger partial charge in [-0.05, 0) is 25.1 Å². The van der Waals surface area contributed by atoms with E-state index in [1.807, 2.05) is 13.8 Å². The van der Waals surface area contributed by atoms with Crippen LogP contribution in [0, 0.1) is 0 Å². The van der Waals surface area contributed by atoms with E-state index in [9.17, 15) is 14.4 Å². The minimum absolute atomic E-state index is 0.00694. The van der Waals surface area contributed by atoms with E-state index in [1.54, 1.807) is 0 Å². The lowest BCUT2D eigenvalue weighted by Gasteiger charge is -2.03. The second-order valence-corrected chi connectivity index (χ2v) is 2.93. The van der Waals surface area contributed by atoms with E-state index in [-0.39, 0.29) is 16.7 Å². The number of Topliss-reactive ketones (excluding diaryl/α,β-unsaturated/α-hetero) is 1. The summed E-state index contributed by atoms with van der Waals surface area (Å²) in [6.07, 6.45) is 0. The van der Waals surface area contributed by atoms with Crippen LogP contribution >= 0.6 is 0 Å². The fourth-order valence-electron chi connectivity index (χ4n) is 1.16. The molecule has 1 aromatic rings. The molecule has 0 aromatic heterocycles. The fourth-order valence-corrected chi connectivity index (χ4v) is 1.16. The van der Waals surface area contributed by atoms with Gasteiger partial charge in [0.2, 0.25) is 0 Å². The van der Waals surface area contributed by atoms with Gasteiger partial charge in [0.25, 0.3) is 0 Å². The number of aromatic carboxylic acids is 2. The molecule has 1 rings (SSSR count). The van der Waals surface area contributed by atoms with Crippen LogP contribution in [-0.4, -0.2) is 27.9 Å². The van der Waals surface area contributed by atoms with E-state index in [0.29, 0.717) is 0 Å². The monoisotopic (exact) mass is 238 g/mol. The molecule has 0 fully saturated rings. The number of carboxylic acids is 2. The average molecular weight is 238 g/mol. The first-order valence-corrected chi connectivity index (χ1v) is 5.05. The maximum atomic E-state index is 11.0. The molecule has 1 aromatic carbocycles. The summed E-state index contributed by atoms with van der Waals surface area (Å²) >= 11 is 0. The molecule has 0 radical (unpaired) electrons. The molecule has 0 amide bonds. The Morgan fingerprint density at radius 1 is 0.941 bits per heavy atom. The van der Waals surface area contributed by atoms with Crippen molar-refractivity contribution in [2.45, 2.75) is 20.8 Å². The van der Waals surface area contributed by atoms with Crippen LogP contribution < -0.4 is 0 Å². The molecular weight excluding hydrogens is 224 g/mol. The number of carbonyl (C=O) groups excluding carboxylic acids is 1. The number of hydrogen-bond acceptors (Lipinski definition) is 3. The maximum absolute atomic E-state index is 11.0. The first kappa shape index (κ1) is 14.8. The average Bonchev–Trinajstić information content (AvgIpc) is 2.30. The summed E-state index contributed by atoms with van der Waals surface area (Å²) < 4.78 is 0. The van der Waals surface area contributed by atoms with Gasteiger partial charge in [0, 0.05) is 5.56 Å². The molecule has 0 atom stereocenters. The molecule has 0 aliphatic carbocycles. The summed E-state index contributed by atoms with van der Waals surface area (Å²) in [4.78, 5) is 32.4.